The maximum Gasteiger partial charge on any atom is 0.411 e. The van der Waals surface area contributed by atoms with E-state index in [9.17, 15) is 4.57 Å². The van der Waals surface area contributed by atoms with Crippen molar-refractivity contribution in [1.82, 2.24) is 0 Å². The van der Waals surface area contributed by atoms with Gasteiger partial charge in [-0.05, 0) is 80.0 Å². The summed E-state index contributed by atoms with van der Waals surface area (Å²) in [7, 11) is -3.56. The average molecular weight is 505 g/mol. The van der Waals surface area contributed by atoms with Crippen LogP contribution in [0.4, 0.5) is 0 Å². The van der Waals surface area contributed by atoms with Gasteiger partial charge in [0.25, 0.3) is 0 Å². The molecule has 4 heteroatoms. The lowest BCUT2D eigenvalue weighted by atomic mass is 9.65. The Morgan fingerprint density at radius 2 is 1.22 bits per heavy atom. The van der Waals surface area contributed by atoms with Crippen LogP contribution in [-0.4, -0.2) is 5.60 Å². The molecule has 1 unspecified atom stereocenters. The van der Waals surface area contributed by atoms with Crippen molar-refractivity contribution >= 4 is 12.9 Å². The first-order chi connectivity index (χ1) is 16.9. The molecule has 0 aromatic heterocycles. The Morgan fingerprint density at radius 3 is 1.72 bits per heavy atom. The van der Waals surface area contributed by atoms with Crippen LogP contribution in [-0.2, 0) is 19.9 Å². The van der Waals surface area contributed by atoms with Crippen LogP contribution in [0.1, 0.15) is 90.3 Å². The van der Waals surface area contributed by atoms with Crippen LogP contribution in [0.2, 0.25) is 0 Å². The summed E-state index contributed by atoms with van der Waals surface area (Å²) in [5.74, 6) is 0.559. The largest absolute Gasteiger partial charge is 0.421 e. The molecule has 1 saturated carbocycles. The molecule has 3 aromatic carbocycles. The first kappa shape index (κ1) is 26.7. The molecule has 36 heavy (non-hydrogen) atoms. The van der Waals surface area contributed by atoms with Crippen LogP contribution in [0.15, 0.2) is 78.9 Å². The van der Waals surface area contributed by atoms with Crippen LogP contribution in [0.3, 0.4) is 0 Å². The van der Waals surface area contributed by atoms with Gasteiger partial charge in [-0.2, -0.15) is 0 Å². The third-order valence-corrected chi connectivity index (χ3v) is 9.28. The van der Waals surface area contributed by atoms with Crippen LogP contribution in [0.25, 0.3) is 0 Å². The van der Waals surface area contributed by atoms with E-state index in [0.717, 1.165) is 12.8 Å². The molecule has 0 aliphatic heterocycles. The fraction of sp³-hybridized carbons (Fsp3) is 0.438. The highest BCUT2D eigenvalue weighted by atomic mass is 31.2. The molecule has 3 aromatic rings. The zero-order chi connectivity index (χ0) is 26.0. The molecule has 0 bridgehead atoms. The number of hydrogen-bond acceptors (Lipinski definition) is 3. The molecule has 1 atom stereocenters. The predicted molar refractivity (Wildman–Crippen MR) is 151 cm³/mol. The molecule has 1 aliphatic carbocycles. The van der Waals surface area contributed by atoms with Crippen molar-refractivity contribution in [2.24, 2.45) is 0 Å². The van der Waals surface area contributed by atoms with Gasteiger partial charge in [0, 0.05) is 5.41 Å². The van der Waals surface area contributed by atoms with E-state index in [4.69, 9.17) is 9.05 Å². The normalized spacial score (nSPS) is 17.8. The number of rotatable bonds is 6. The van der Waals surface area contributed by atoms with E-state index in [0.29, 0.717) is 11.1 Å². The average Bonchev–Trinajstić information content (AvgIpc) is 2.84. The van der Waals surface area contributed by atoms with Gasteiger partial charge in [-0.25, -0.2) is 4.57 Å². The van der Waals surface area contributed by atoms with Gasteiger partial charge < -0.3 is 4.52 Å². The first-order valence-corrected chi connectivity index (χ1v) is 14.7. The summed E-state index contributed by atoms with van der Waals surface area (Å²) >= 11 is 0. The number of hydrogen-bond donors (Lipinski definition) is 0. The van der Waals surface area contributed by atoms with Gasteiger partial charge in [0.1, 0.15) is 5.75 Å². The Balaban J connectivity index is 1.66. The topological polar surface area (TPSA) is 35.5 Å². The fourth-order valence-corrected chi connectivity index (χ4v) is 7.16. The molecule has 3 nitrogen and oxygen atoms in total. The standard InChI is InChI=1S/C32H41O3P/c1-30(2,3)25-15-17-26(18-16-25)32(23-11-8-12-24-32)27-19-21-28(22-20-27)34-36(33,35-31(4,5)6)29-13-9-7-10-14-29/h7,9-10,13-22H,8,11-12,23-24H2,1-6H3. The molecule has 4 rings (SSSR count). The molecule has 1 fully saturated rings. The molecule has 0 heterocycles. The van der Waals surface area contributed by atoms with Crippen LogP contribution < -0.4 is 9.83 Å². The van der Waals surface area contributed by atoms with Gasteiger partial charge in [0.2, 0.25) is 0 Å². The molecule has 0 amide bonds. The van der Waals surface area contributed by atoms with Gasteiger partial charge in [0.05, 0.1) is 10.9 Å². The Morgan fingerprint density at radius 1 is 0.694 bits per heavy atom. The molecular formula is C32H41O3P. The van der Waals surface area contributed by atoms with E-state index >= 15 is 0 Å². The maximum absolute atomic E-state index is 13.9. The van der Waals surface area contributed by atoms with Crippen molar-refractivity contribution < 1.29 is 13.6 Å². The molecule has 0 N–H and O–H groups in total. The monoisotopic (exact) mass is 504 g/mol. The summed E-state index contributed by atoms with van der Waals surface area (Å²) in [5.41, 5.74) is 3.56. The lowest BCUT2D eigenvalue weighted by Gasteiger charge is -2.39. The molecule has 1 aliphatic rings. The zero-order valence-corrected chi connectivity index (χ0v) is 23.6. The summed E-state index contributed by atoms with van der Waals surface area (Å²) < 4.78 is 26.1. The Labute approximate surface area is 217 Å². The van der Waals surface area contributed by atoms with Crippen molar-refractivity contribution in [3.8, 4) is 5.75 Å². The third-order valence-electron chi connectivity index (χ3n) is 7.11. The minimum Gasteiger partial charge on any atom is -0.421 e. The van der Waals surface area contributed by atoms with Gasteiger partial charge in [-0.1, -0.05) is 94.6 Å². The van der Waals surface area contributed by atoms with Gasteiger partial charge in [-0.3, -0.25) is 4.52 Å². The second-order valence-corrected chi connectivity index (χ2v) is 14.0. The van der Waals surface area contributed by atoms with Gasteiger partial charge in [-0.15, -0.1) is 0 Å². The summed E-state index contributed by atoms with van der Waals surface area (Å²) in [4.78, 5) is 0. The van der Waals surface area contributed by atoms with Crippen molar-refractivity contribution in [1.29, 1.82) is 0 Å². The van der Waals surface area contributed by atoms with E-state index in [1.807, 2.05) is 51.1 Å². The SMILES string of the molecule is CC(C)(C)OP(=O)(Oc1ccc(C2(c3ccc(C(C)(C)C)cc3)CCCCC2)cc1)c1ccccc1. The summed E-state index contributed by atoms with van der Waals surface area (Å²) in [6.45, 7) is 12.5. The number of benzene rings is 3. The van der Waals surface area contributed by atoms with Crippen LogP contribution in [0.5, 0.6) is 5.75 Å². The Hall–Kier alpha value is -2.35. The lowest BCUT2D eigenvalue weighted by molar-refractivity contribution is 0.119. The van der Waals surface area contributed by atoms with E-state index in [1.165, 1.54) is 36.0 Å². The second-order valence-electron chi connectivity index (χ2n) is 12.1. The van der Waals surface area contributed by atoms with Gasteiger partial charge >= 0.3 is 7.60 Å². The molecular weight excluding hydrogens is 463 g/mol. The predicted octanol–water partition coefficient (Wildman–Crippen LogP) is 8.95. The maximum atomic E-state index is 13.9. The molecule has 192 valence electrons. The Bertz CT molecular complexity index is 1180. The lowest BCUT2D eigenvalue weighted by Crippen LogP contribution is -2.30. The Kier molecular flexibility index (Phi) is 7.56. The summed E-state index contributed by atoms with van der Waals surface area (Å²) in [6, 6.07) is 26.7. The summed E-state index contributed by atoms with van der Waals surface area (Å²) in [5, 5.41) is 0.562. The molecule has 0 saturated heterocycles. The smallest absolute Gasteiger partial charge is 0.411 e. The van der Waals surface area contributed by atoms with Crippen molar-refractivity contribution in [2.45, 2.75) is 90.1 Å². The highest BCUT2D eigenvalue weighted by Gasteiger charge is 2.37. The highest BCUT2D eigenvalue weighted by Crippen LogP contribution is 2.51. The van der Waals surface area contributed by atoms with E-state index in [2.05, 4.69) is 57.2 Å². The zero-order valence-electron chi connectivity index (χ0n) is 22.7. The van der Waals surface area contributed by atoms with E-state index < -0.39 is 13.2 Å². The molecule has 0 radical (unpaired) electrons. The van der Waals surface area contributed by atoms with Crippen molar-refractivity contribution in [2.75, 3.05) is 0 Å². The second kappa shape index (κ2) is 10.2. The van der Waals surface area contributed by atoms with E-state index in [-0.39, 0.29) is 10.8 Å². The van der Waals surface area contributed by atoms with Crippen molar-refractivity contribution in [3.05, 3.63) is 95.6 Å². The van der Waals surface area contributed by atoms with Gasteiger partial charge in [0.15, 0.2) is 0 Å². The molecule has 0 spiro atoms. The van der Waals surface area contributed by atoms with Crippen molar-refractivity contribution in [3.63, 3.8) is 0 Å². The fourth-order valence-electron chi connectivity index (χ4n) is 5.26. The first-order valence-electron chi connectivity index (χ1n) is 13.2. The third kappa shape index (κ3) is 5.96. The van der Waals surface area contributed by atoms with E-state index in [1.54, 1.807) is 12.1 Å². The quantitative estimate of drug-likeness (QED) is 0.314. The van der Waals surface area contributed by atoms with Crippen LogP contribution in [0, 0.1) is 0 Å². The van der Waals surface area contributed by atoms with Crippen LogP contribution >= 0.6 is 7.60 Å². The minimum atomic E-state index is -3.56. The summed E-state index contributed by atoms with van der Waals surface area (Å²) in [6.07, 6.45) is 6.01. The minimum absolute atomic E-state index is 0.00176. The highest BCUT2D eigenvalue weighted by molar-refractivity contribution is 7.62.